The van der Waals surface area contributed by atoms with E-state index < -0.39 is 5.91 Å². The number of H-pyrrole nitrogens is 1. The maximum absolute atomic E-state index is 12.2. The monoisotopic (exact) mass is 380 g/mol. The molecule has 0 bridgehead atoms. The highest BCUT2D eigenvalue weighted by Crippen LogP contribution is 2.36. The van der Waals surface area contributed by atoms with Crippen LogP contribution in [0.3, 0.4) is 0 Å². The number of hydrogen-bond donors (Lipinski definition) is 3. The van der Waals surface area contributed by atoms with Crippen molar-refractivity contribution < 1.29 is 19.4 Å². The molecule has 3 N–H and O–H groups in total. The Balaban J connectivity index is 1.70. The molecule has 0 unspecified atom stereocenters. The van der Waals surface area contributed by atoms with Crippen molar-refractivity contribution in [2.45, 2.75) is 6.92 Å². The smallest absolute Gasteiger partial charge is 0.289 e. The van der Waals surface area contributed by atoms with Crippen molar-refractivity contribution in [3.05, 3.63) is 59.3 Å². The van der Waals surface area contributed by atoms with Gasteiger partial charge in [-0.3, -0.25) is 9.89 Å². The highest BCUT2D eigenvalue weighted by Gasteiger charge is 2.12. The molecular formula is C20H20N4O4. The second-order valence-corrected chi connectivity index (χ2v) is 6.01. The lowest BCUT2D eigenvalue weighted by Crippen LogP contribution is -2.18. The van der Waals surface area contributed by atoms with E-state index in [0.29, 0.717) is 11.3 Å². The number of aromatic amines is 1. The zero-order valence-corrected chi connectivity index (χ0v) is 15.7. The number of aromatic nitrogens is 2. The van der Waals surface area contributed by atoms with Gasteiger partial charge in [0.1, 0.15) is 5.69 Å². The molecule has 0 fully saturated rings. The summed E-state index contributed by atoms with van der Waals surface area (Å²) in [6, 6.07) is 12.6. The van der Waals surface area contributed by atoms with E-state index in [1.54, 1.807) is 18.2 Å². The van der Waals surface area contributed by atoms with Gasteiger partial charge >= 0.3 is 0 Å². The molecule has 28 heavy (non-hydrogen) atoms. The number of phenolic OH excluding ortho intramolecular Hbond substituents is 1. The first kappa shape index (κ1) is 19.0. The highest BCUT2D eigenvalue weighted by atomic mass is 16.5. The molecule has 0 radical (unpaired) electrons. The number of aromatic hydroxyl groups is 1. The molecule has 3 rings (SSSR count). The number of benzene rings is 2. The van der Waals surface area contributed by atoms with Crippen LogP contribution < -0.4 is 14.9 Å². The summed E-state index contributed by atoms with van der Waals surface area (Å²) in [4.78, 5) is 12.2. The van der Waals surface area contributed by atoms with Crippen LogP contribution in [0, 0.1) is 6.92 Å². The SMILES string of the molecule is COc1cc(C=NNC(=O)c2cc(-c3ccc(C)cc3)n[nH]2)cc(OC)c1O. The number of hydrogen-bond acceptors (Lipinski definition) is 6. The van der Waals surface area contributed by atoms with E-state index in [2.05, 4.69) is 20.7 Å². The summed E-state index contributed by atoms with van der Waals surface area (Å²) in [6.45, 7) is 2.00. The number of carbonyl (C=O) groups excluding carboxylic acids is 1. The van der Waals surface area contributed by atoms with Gasteiger partial charge < -0.3 is 14.6 Å². The van der Waals surface area contributed by atoms with Gasteiger partial charge in [0.25, 0.3) is 5.91 Å². The molecule has 8 nitrogen and oxygen atoms in total. The number of hydrazone groups is 1. The lowest BCUT2D eigenvalue weighted by atomic mass is 10.1. The molecule has 2 aromatic carbocycles. The van der Waals surface area contributed by atoms with Gasteiger partial charge in [0.15, 0.2) is 11.5 Å². The Bertz CT molecular complexity index is 984. The summed E-state index contributed by atoms with van der Waals surface area (Å²) in [5.41, 5.74) is 6.02. The largest absolute Gasteiger partial charge is 0.502 e. The standard InChI is InChI=1S/C20H20N4O4/c1-12-4-6-14(7-5-12)15-10-16(23-22-15)20(26)24-21-11-13-8-17(27-2)19(25)18(9-13)28-3/h4-11,25H,1-3H3,(H,22,23)(H,24,26). The summed E-state index contributed by atoms with van der Waals surface area (Å²) in [6.07, 6.45) is 1.42. The van der Waals surface area contributed by atoms with E-state index in [-0.39, 0.29) is 22.9 Å². The normalized spacial score (nSPS) is 10.8. The van der Waals surface area contributed by atoms with E-state index in [4.69, 9.17) is 9.47 Å². The molecule has 0 aliphatic heterocycles. The van der Waals surface area contributed by atoms with Crippen LogP contribution in [-0.2, 0) is 0 Å². The molecule has 0 spiro atoms. The Morgan fingerprint density at radius 3 is 2.39 bits per heavy atom. The molecule has 0 saturated heterocycles. The van der Waals surface area contributed by atoms with Gasteiger partial charge in [0.05, 0.1) is 26.1 Å². The van der Waals surface area contributed by atoms with E-state index in [1.165, 1.54) is 20.4 Å². The van der Waals surface area contributed by atoms with Crippen LogP contribution in [0.15, 0.2) is 47.6 Å². The maximum atomic E-state index is 12.2. The fraction of sp³-hybridized carbons (Fsp3) is 0.150. The number of carbonyl (C=O) groups is 1. The van der Waals surface area contributed by atoms with E-state index >= 15 is 0 Å². The lowest BCUT2D eigenvalue weighted by molar-refractivity contribution is 0.0950. The zero-order valence-electron chi connectivity index (χ0n) is 15.7. The Labute approximate surface area is 161 Å². The van der Waals surface area contributed by atoms with Crippen LogP contribution in [0.2, 0.25) is 0 Å². The number of aryl methyl sites for hydroxylation is 1. The number of phenols is 1. The molecule has 0 atom stereocenters. The van der Waals surface area contributed by atoms with Crippen LogP contribution >= 0.6 is 0 Å². The number of methoxy groups -OCH3 is 2. The first-order valence-corrected chi connectivity index (χ1v) is 8.42. The second-order valence-electron chi connectivity index (χ2n) is 6.01. The van der Waals surface area contributed by atoms with Crippen molar-refractivity contribution in [3.8, 4) is 28.5 Å². The maximum Gasteiger partial charge on any atom is 0.289 e. The molecule has 8 heteroatoms. The Morgan fingerprint density at radius 1 is 1.14 bits per heavy atom. The van der Waals surface area contributed by atoms with E-state index in [1.807, 2.05) is 31.2 Å². The fourth-order valence-electron chi connectivity index (χ4n) is 2.52. The zero-order chi connectivity index (χ0) is 20.1. The first-order chi connectivity index (χ1) is 13.5. The van der Waals surface area contributed by atoms with E-state index in [9.17, 15) is 9.90 Å². The Morgan fingerprint density at radius 2 is 1.79 bits per heavy atom. The lowest BCUT2D eigenvalue weighted by Gasteiger charge is -2.09. The fourth-order valence-corrected chi connectivity index (χ4v) is 2.52. The number of rotatable bonds is 6. The third-order valence-electron chi connectivity index (χ3n) is 4.05. The number of amides is 1. The van der Waals surface area contributed by atoms with Gasteiger partial charge in [-0.2, -0.15) is 10.2 Å². The van der Waals surface area contributed by atoms with Crippen LogP contribution in [0.4, 0.5) is 0 Å². The average Bonchev–Trinajstić information content (AvgIpc) is 3.19. The minimum absolute atomic E-state index is 0.104. The number of ether oxygens (including phenoxy) is 2. The molecule has 144 valence electrons. The second kappa shape index (κ2) is 8.26. The van der Waals surface area contributed by atoms with Crippen molar-refractivity contribution in [1.82, 2.24) is 15.6 Å². The molecular weight excluding hydrogens is 360 g/mol. The summed E-state index contributed by atoms with van der Waals surface area (Å²) in [7, 11) is 2.86. The summed E-state index contributed by atoms with van der Waals surface area (Å²) in [5.74, 6) is -0.0565. The summed E-state index contributed by atoms with van der Waals surface area (Å²) < 4.78 is 10.2. The van der Waals surface area contributed by atoms with Gasteiger partial charge in [-0.1, -0.05) is 29.8 Å². The summed E-state index contributed by atoms with van der Waals surface area (Å²) in [5, 5.41) is 20.7. The van der Waals surface area contributed by atoms with Crippen molar-refractivity contribution >= 4 is 12.1 Å². The van der Waals surface area contributed by atoms with E-state index in [0.717, 1.165) is 11.1 Å². The van der Waals surface area contributed by atoms with Crippen LogP contribution in [0.1, 0.15) is 21.6 Å². The van der Waals surface area contributed by atoms with Gasteiger partial charge in [0.2, 0.25) is 5.75 Å². The van der Waals surface area contributed by atoms with Gasteiger partial charge in [-0.15, -0.1) is 0 Å². The van der Waals surface area contributed by atoms with Crippen LogP contribution in [0.25, 0.3) is 11.3 Å². The Hall–Kier alpha value is -3.81. The molecule has 0 saturated carbocycles. The van der Waals surface area contributed by atoms with Crippen LogP contribution in [-0.4, -0.2) is 41.6 Å². The third kappa shape index (κ3) is 4.12. The molecule has 3 aromatic rings. The Kier molecular flexibility index (Phi) is 5.59. The highest BCUT2D eigenvalue weighted by molar-refractivity contribution is 5.94. The van der Waals surface area contributed by atoms with Gasteiger partial charge in [-0.25, -0.2) is 5.43 Å². The quantitative estimate of drug-likeness (QED) is 0.450. The topological polar surface area (TPSA) is 109 Å². The minimum Gasteiger partial charge on any atom is -0.502 e. The summed E-state index contributed by atoms with van der Waals surface area (Å²) >= 11 is 0. The predicted octanol–water partition coefficient (Wildman–Crippen LogP) is 2.87. The van der Waals surface area contributed by atoms with Crippen molar-refractivity contribution in [2.24, 2.45) is 5.10 Å². The first-order valence-electron chi connectivity index (χ1n) is 8.42. The third-order valence-corrected chi connectivity index (χ3v) is 4.05. The molecule has 1 aromatic heterocycles. The van der Waals surface area contributed by atoms with Gasteiger partial charge in [-0.05, 0) is 25.1 Å². The van der Waals surface area contributed by atoms with Crippen LogP contribution in [0.5, 0.6) is 17.2 Å². The predicted molar refractivity (Wildman–Crippen MR) is 105 cm³/mol. The van der Waals surface area contributed by atoms with Gasteiger partial charge in [0, 0.05) is 11.1 Å². The number of nitrogens with one attached hydrogen (secondary N) is 2. The molecule has 1 amide bonds. The average molecular weight is 380 g/mol. The molecule has 0 aliphatic rings. The van der Waals surface area contributed by atoms with Crippen molar-refractivity contribution in [2.75, 3.05) is 14.2 Å². The molecule has 0 aliphatic carbocycles. The molecule has 1 heterocycles. The van der Waals surface area contributed by atoms with Crippen molar-refractivity contribution in [3.63, 3.8) is 0 Å². The minimum atomic E-state index is -0.431. The van der Waals surface area contributed by atoms with Crippen molar-refractivity contribution in [1.29, 1.82) is 0 Å². The number of nitrogens with zero attached hydrogens (tertiary/aromatic N) is 2.